The zero-order chi connectivity index (χ0) is 14.0. The predicted molar refractivity (Wildman–Crippen MR) is 62.7 cm³/mol. The van der Waals surface area contributed by atoms with Gasteiger partial charge in [0.25, 0.3) is 0 Å². The molecule has 0 aliphatic heterocycles. The molecule has 2 aromatic rings. The minimum Gasteiger partial charge on any atom is -0.451 e. The van der Waals surface area contributed by atoms with Gasteiger partial charge in [-0.2, -0.15) is 0 Å². The van der Waals surface area contributed by atoms with E-state index >= 15 is 0 Å². The smallest absolute Gasteiger partial charge is 0.451 e. The Labute approximate surface area is 107 Å². The summed E-state index contributed by atoms with van der Waals surface area (Å²) in [6, 6.07) is 6.23. The molecule has 0 fully saturated rings. The van der Waals surface area contributed by atoms with E-state index in [2.05, 4.69) is 0 Å². The number of halogens is 3. The molecule has 0 atom stereocenters. The molecule has 0 saturated heterocycles. The van der Waals surface area contributed by atoms with E-state index in [1.54, 1.807) is 0 Å². The molecule has 0 heterocycles. The largest absolute Gasteiger partial charge is 0.488 e. The molecular formula is C12H8BF3O3. The first kappa shape index (κ1) is 13.4. The Morgan fingerprint density at radius 1 is 0.947 bits per heavy atom. The monoisotopic (exact) mass is 268 g/mol. The highest BCUT2D eigenvalue weighted by Gasteiger charge is 2.19. The fraction of sp³-hybridized carbons (Fsp3) is 0. The highest BCUT2D eigenvalue weighted by atomic mass is 19.1. The van der Waals surface area contributed by atoms with Crippen molar-refractivity contribution in [3.05, 3.63) is 53.8 Å². The standard InChI is InChI=1S/C12H8BF3O3/c14-8-2-1-3-9(6-8)19-12-10(15)4-7(13(17)18)5-11(12)16/h1-6,17-18H. The van der Waals surface area contributed by atoms with E-state index in [1.807, 2.05) is 0 Å². The van der Waals surface area contributed by atoms with Crippen molar-refractivity contribution >= 4 is 12.6 Å². The van der Waals surface area contributed by atoms with Crippen LogP contribution in [-0.2, 0) is 0 Å². The lowest BCUT2D eigenvalue weighted by atomic mass is 9.80. The zero-order valence-corrected chi connectivity index (χ0v) is 9.48. The summed E-state index contributed by atoms with van der Waals surface area (Å²) < 4.78 is 45.0. The molecule has 0 unspecified atom stereocenters. The molecule has 19 heavy (non-hydrogen) atoms. The van der Waals surface area contributed by atoms with Crippen molar-refractivity contribution in [2.75, 3.05) is 0 Å². The highest BCUT2D eigenvalue weighted by molar-refractivity contribution is 6.58. The molecule has 0 radical (unpaired) electrons. The number of hydrogen-bond donors (Lipinski definition) is 2. The van der Waals surface area contributed by atoms with Crippen LogP contribution in [0.5, 0.6) is 11.5 Å². The molecule has 0 aromatic heterocycles. The molecule has 0 aliphatic carbocycles. The molecule has 2 aromatic carbocycles. The first-order valence-corrected chi connectivity index (χ1v) is 5.26. The summed E-state index contributed by atoms with van der Waals surface area (Å²) >= 11 is 0. The lowest BCUT2D eigenvalue weighted by Gasteiger charge is -2.09. The molecule has 0 aliphatic rings. The zero-order valence-electron chi connectivity index (χ0n) is 9.48. The predicted octanol–water partition coefficient (Wildman–Crippen LogP) is 1.58. The van der Waals surface area contributed by atoms with Crippen LogP contribution >= 0.6 is 0 Å². The fourth-order valence-corrected chi connectivity index (χ4v) is 1.47. The molecule has 3 nitrogen and oxygen atoms in total. The van der Waals surface area contributed by atoms with Crippen molar-refractivity contribution in [2.45, 2.75) is 0 Å². The Hall–Kier alpha value is -1.99. The third kappa shape index (κ3) is 3.07. The molecule has 0 amide bonds. The van der Waals surface area contributed by atoms with Crippen molar-refractivity contribution in [3.63, 3.8) is 0 Å². The Balaban J connectivity index is 2.35. The molecule has 7 heteroatoms. The molecule has 2 rings (SSSR count). The minimum atomic E-state index is -1.99. The van der Waals surface area contributed by atoms with Crippen molar-refractivity contribution in [3.8, 4) is 11.5 Å². The minimum absolute atomic E-state index is 0.0740. The fourth-order valence-electron chi connectivity index (χ4n) is 1.47. The topological polar surface area (TPSA) is 49.7 Å². The van der Waals surface area contributed by atoms with E-state index in [0.29, 0.717) is 0 Å². The maximum atomic E-state index is 13.6. The van der Waals surface area contributed by atoms with Crippen LogP contribution in [-0.4, -0.2) is 17.2 Å². The van der Waals surface area contributed by atoms with E-state index in [4.69, 9.17) is 14.8 Å². The van der Waals surface area contributed by atoms with Crippen molar-refractivity contribution in [1.82, 2.24) is 0 Å². The second-order valence-electron chi connectivity index (χ2n) is 3.75. The Morgan fingerprint density at radius 2 is 1.58 bits per heavy atom. The van der Waals surface area contributed by atoms with Crippen molar-refractivity contribution < 1.29 is 28.0 Å². The van der Waals surface area contributed by atoms with E-state index in [1.165, 1.54) is 12.1 Å². The number of benzene rings is 2. The van der Waals surface area contributed by atoms with E-state index in [-0.39, 0.29) is 11.2 Å². The van der Waals surface area contributed by atoms with Crippen LogP contribution in [0.4, 0.5) is 13.2 Å². The van der Waals surface area contributed by atoms with Crippen molar-refractivity contribution in [2.24, 2.45) is 0 Å². The van der Waals surface area contributed by atoms with Crippen LogP contribution in [0.3, 0.4) is 0 Å². The van der Waals surface area contributed by atoms with Gasteiger partial charge in [0.15, 0.2) is 17.4 Å². The van der Waals surface area contributed by atoms with E-state index < -0.39 is 30.3 Å². The van der Waals surface area contributed by atoms with Gasteiger partial charge >= 0.3 is 7.12 Å². The van der Waals surface area contributed by atoms with Crippen LogP contribution < -0.4 is 10.2 Å². The summed E-state index contributed by atoms with van der Waals surface area (Å²) in [5.41, 5.74) is -0.346. The van der Waals surface area contributed by atoms with E-state index in [9.17, 15) is 13.2 Å². The molecule has 98 valence electrons. The Morgan fingerprint density at radius 3 is 2.11 bits per heavy atom. The summed E-state index contributed by atoms with van der Waals surface area (Å²) in [4.78, 5) is 0. The SMILES string of the molecule is OB(O)c1cc(F)c(Oc2cccc(F)c2)c(F)c1. The van der Waals surface area contributed by atoms with Gasteiger partial charge < -0.3 is 14.8 Å². The maximum absolute atomic E-state index is 13.6. The molecule has 0 spiro atoms. The second-order valence-corrected chi connectivity index (χ2v) is 3.75. The number of hydrogen-bond acceptors (Lipinski definition) is 3. The van der Waals surface area contributed by atoms with Gasteiger partial charge in [-0.15, -0.1) is 0 Å². The first-order valence-electron chi connectivity index (χ1n) is 5.26. The third-order valence-corrected chi connectivity index (χ3v) is 2.33. The van der Waals surface area contributed by atoms with Gasteiger partial charge in [-0.3, -0.25) is 0 Å². The summed E-state index contributed by atoms with van der Waals surface area (Å²) in [5, 5.41) is 17.6. The number of rotatable bonds is 3. The van der Waals surface area contributed by atoms with E-state index in [0.717, 1.165) is 24.3 Å². The molecule has 0 bridgehead atoms. The van der Waals surface area contributed by atoms with Gasteiger partial charge in [-0.1, -0.05) is 6.07 Å². The lowest BCUT2D eigenvalue weighted by molar-refractivity contribution is 0.403. The van der Waals surface area contributed by atoms with Gasteiger partial charge in [0.05, 0.1) is 0 Å². The van der Waals surface area contributed by atoms with Crippen molar-refractivity contribution in [1.29, 1.82) is 0 Å². The summed E-state index contributed by atoms with van der Waals surface area (Å²) in [6.07, 6.45) is 0. The lowest BCUT2D eigenvalue weighted by Crippen LogP contribution is -2.30. The molecular weight excluding hydrogens is 260 g/mol. The third-order valence-electron chi connectivity index (χ3n) is 2.33. The van der Waals surface area contributed by atoms with Gasteiger partial charge in [0.1, 0.15) is 11.6 Å². The average Bonchev–Trinajstić information content (AvgIpc) is 2.33. The van der Waals surface area contributed by atoms with Gasteiger partial charge in [0.2, 0.25) is 0 Å². The average molecular weight is 268 g/mol. The number of ether oxygens (including phenoxy) is 1. The first-order chi connectivity index (χ1) is 8.97. The molecule has 0 saturated carbocycles. The Bertz CT molecular complexity index is 582. The highest BCUT2D eigenvalue weighted by Crippen LogP contribution is 2.27. The van der Waals surface area contributed by atoms with Gasteiger partial charge in [-0.05, 0) is 29.7 Å². The second kappa shape index (κ2) is 5.33. The van der Waals surface area contributed by atoms with Crippen LogP contribution in [0.2, 0.25) is 0 Å². The van der Waals surface area contributed by atoms with Crippen LogP contribution in [0.1, 0.15) is 0 Å². The molecule has 2 N–H and O–H groups in total. The summed E-state index contributed by atoms with van der Waals surface area (Å²) in [6.45, 7) is 0. The maximum Gasteiger partial charge on any atom is 0.488 e. The van der Waals surface area contributed by atoms with Gasteiger partial charge in [0, 0.05) is 6.07 Å². The quantitative estimate of drug-likeness (QED) is 0.831. The van der Waals surface area contributed by atoms with Crippen LogP contribution in [0.25, 0.3) is 0 Å². The van der Waals surface area contributed by atoms with Crippen LogP contribution in [0, 0.1) is 17.5 Å². The Kier molecular flexibility index (Phi) is 3.78. The summed E-state index contributed by atoms with van der Waals surface area (Å²) in [5.74, 6) is -3.66. The van der Waals surface area contributed by atoms with Crippen LogP contribution in [0.15, 0.2) is 36.4 Å². The normalized spacial score (nSPS) is 10.4. The summed E-state index contributed by atoms with van der Waals surface area (Å²) in [7, 11) is -1.99. The van der Waals surface area contributed by atoms with Gasteiger partial charge in [-0.25, -0.2) is 13.2 Å².